The molecule has 1 rings (SSSR count). The lowest BCUT2D eigenvalue weighted by Gasteiger charge is -2.23. The van der Waals surface area contributed by atoms with E-state index in [2.05, 4.69) is 0 Å². The van der Waals surface area contributed by atoms with Crippen molar-refractivity contribution in [2.24, 2.45) is 5.92 Å². The summed E-state index contributed by atoms with van der Waals surface area (Å²) in [6, 6.07) is 0. The minimum atomic E-state index is 0.0174. The molecule has 0 aromatic carbocycles. The molecule has 3 heteroatoms. The molecule has 1 aliphatic rings. The van der Waals surface area contributed by atoms with Crippen molar-refractivity contribution in [1.82, 2.24) is 5.06 Å². The van der Waals surface area contributed by atoms with Crippen molar-refractivity contribution in [3.8, 4) is 0 Å². The molecule has 1 heterocycles. The van der Waals surface area contributed by atoms with Gasteiger partial charge in [-0.1, -0.05) is 6.92 Å². The van der Waals surface area contributed by atoms with Gasteiger partial charge in [0.2, 0.25) is 0 Å². The van der Waals surface area contributed by atoms with Crippen LogP contribution in [0.1, 0.15) is 13.3 Å². The first-order chi connectivity index (χ1) is 4.20. The molecular weight excluding hydrogens is 118 g/mol. The first kappa shape index (κ1) is 6.71. The Morgan fingerprint density at radius 2 is 2.44 bits per heavy atom. The van der Waals surface area contributed by atoms with Crippen molar-refractivity contribution < 1.29 is 10.0 Å². The summed E-state index contributed by atoms with van der Waals surface area (Å²) in [4.78, 5) is 10.8. The zero-order valence-electron chi connectivity index (χ0n) is 5.50. The Kier molecular flexibility index (Phi) is 1.83. The van der Waals surface area contributed by atoms with E-state index in [1.54, 1.807) is 0 Å². The summed E-state index contributed by atoms with van der Waals surface area (Å²) in [5.41, 5.74) is 0. The fourth-order valence-corrected chi connectivity index (χ4v) is 0.995. The van der Waals surface area contributed by atoms with Crippen LogP contribution in [-0.4, -0.2) is 29.1 Å². The Bertz CT molecular complexity index is 124. The summed E-state index contributed by atoms with van der Waals surface area (Å²) in [6.45, 7) is 2.84. The predicted molar refractivity (Wildman–Crippen MR) is 32.1 cm³/mol. The first-order valence-corrected chi connectivity index (χ1v) is 3.16. The number of ketones is 1. The maximum atomic E-state index is 10.8. The number of hydroxylamine groups is 2. The molecule has 0 radical (unpaired) electrons. The molecule has 0 aliphatic carbocycles. The standard InChI is InChI=1S/C6H11NO2/c1-5-4-7(9)3-2-6(5)8/h5,9H,2-4H2,1H3. The number of Topliss-reactive ketones (excluding diaryl/α,β-unsaturated/α-hetero) is 1. The number of carbonyl (C=O) groups excluding carboxylic acids is 1. The largest absolute Gasteiger partial charge is 0.314 e. The highest BCUT2D eigenvalue weighted by Crippen LogP contribution is 2.08. The monoisotopic (exact) mass is 129 g/mol. The Hall–Kier alpha value is -0.410. The second-order valence-corrected chi connectivity index (χ2v) is 2.53. The van der Waals surface area contributed by atoms with Gasteiger partial charge in [-0.3, -0.25) is 4.79 Å². The summed E-state index contributed by atoms with van der Waals surface area (Å²) < 4.78 is 0. The number of hydrogen-bond donors (Lipinski definition) is 1. The van der Waals surface area contributed by atoms with E-state index < -0.39 is 0 Å². The van der Waals surface area contributed by atoms with Crippen LogP contribution in [0.3, 0.4) is 0 Å². The Labute approximate surface area is 54.2 Å². The highest BCUT2D eigenvalue weighted by Gasteiger charge is 2.21. The minimum Gasteiger partial charge on any atom is -0.314 e. The highest BCUT2D eigenvalue weighted by molar-refractivity contribution is 5.81. The molecule has 52 valence electrons. The molecule has 0 amide bonds. The second-order valence-electron chi connectivity index (χ2n) is 2.53. The Morgan fingerprint density at radius 3 is 2.89 bits per heavy atom. The lowest BCUT2D eigenvalue weighted by molar-refractivity contribution is -0.146. The zero-order valence-corrected chi connectivity index (χ0v) is 5.50. The lowest BCUT2D eigenvalue weighted by atomic mass is 10.0. The quantitative estimate of drug-likeness (QED) is 0.511. The number of hydrogen-bond acceptors (Lipinski definition) is 3. The smallest absolute Gasteiger partial charge is 0.138 e. The van der Waals surface area contributed by atoms with Crippen LogP contribution in [0.2, 0.25) is 0 Å². The van der Waals surface area contributed by atoms with Crippen LogP contribution < -0.4 is 0 Å². The molecule has 0 bridgehead atoms. The van der Waals surface area contributed by atoms with Gasteiger partial charge < -0.3 is 5.21 Å². The topological polar surface area (TPSA) is 40.5 Å². The van der Waals surface area contributed by atoms with Crippen molar-refractivity contribution in [2.75, 3.05) is 13.1 Å². The number of rotatable bonds is 0. The van der Waals surface area contributed by atoms with Crippen LogP contribution in [0.5, 0.6) is 0 Å². The molecular formula is C6H11NO2. The molecule has 1 N–H and O–H groups in total. The zero-order chi connectivity index (χ0) is 6.85. The van der Waals surface area contributed by atoms with E-state index in [9.17, 15) is 4.79 Å². The number of piperidine rings is 1. The van der Waals surface area contributed by atoms with Crippen LogP contribution in [0.4, 0.5) is 0 Å². The maximum Gasteiger partial charge on any atom is 0.138 e. The van der Waals surface area contributed by atoms with Crippen molar-refractivity contribution in [3.63, 3.8) is 0 Å². The van der Waals surface area contributed by atoms with E-state index in [-0.39, 0.29) is 11.7 Å². The maximum absolute atomic E-state index is 10.8. The van der Waals surface area contributed by atoms with Gasteiger partial charge in [0.1, 0.15) is 5.78 Å². The van der Waals surface area contributed by atoms with E-state index in [0.29, 0.717) is 19.5 Å². The van der Waals surface area contributed by atoms with Crippen LogP contribution in [0.15, 0.2) is 0 Å². The van der Waals surface area contributed by atoms with Crippen LogP contribution >= 0.6 is 0 Å². The van der Waals surface area contributed by atoms with Crippen molar-refractivity contribution in [3.05, 3.63) is 0 Å². The first-order valence-electron chi connectivity index (χ1n) is 3.16. The lowest BCUT2D eigenvalue weighted by Crippen LogP contribution is -2.37. The molecule has 0 aromatic heterocycles. The molecule has 1 aliphatic heterocycles. The molecule has 0 saturated carbocycles. The van der Waals surface area contributed by atoms with E-state index >= 15 is 0 Å². The van der Waals surface area contributed by atoms with Crippen molar-refractivity contribution >= 4 is 5.78 Å². The predicted octanol–water partition coefficient (Wildman–Crippen LogP) is 0.286. The third-order valence-corrected chi connectivity index (χ3v) is 1.65. The van der Waals surface area contributed by atoms with Crippen molar-refractivity contribution in [2.45, 2.75) is 13.3 Å². The van der Waals surface area contributed by atoms with E-state index in [1.165, 1.54) is 5.06 Å². The summed E-state index contributed by atoms with van der Waals surface area (Å²) >= 11 is 0. The molecule has 9 heavy (non-hydrogen) atoms. The Morgan fingerprint density at radius 1 is 1.78 bits per heavy atom. The van der Waals surface area contributed by atoms with Crippen LogP contribution in [0.25, 0.3) is 0 Å². The molecule has 1 unspecified atom stereocenters. The van der Waals surface area contributed by atoms with Gasteiger partial charge in [0.15, 0.2) is 0 Å². The normalized spacial score (nSPS) is 30.9. The van der Waals surface area contributed by atoms with Crippen LogP contribution in [-0.2, 0) is 4.79 Å². The van der Waals surface area contributed by atoms with Gasteiger partial charge in [-0.15, -0.1) is 0 Å². The minimum absolute atomic E-state index is 0.0174. The molecule has 1 saturated heterocycles. The molecule has 0 aromatic rings. The van der Waals surface area contributed by atoms with Gasteiger partial charge in [-0.05, 0) is 0 Å². The van der Waals surface area contributed by atoms with Gasteiger partial charge in [0.05, 0.1) is 0 Å². The van der Waals surface area contributed by atoms with Gasteiger partial charge >= 0.3 is 0 Å². The third-order valence-electron chi connectivity index (χ3n) is 1.65. The average molecular weight is 129 g/mol. The molecule has 1 fully saturated rings. The van der Waals surface area contributed by atoms with E-state index in [0.717, 1.165) is 0 Å². The second kappa shape index (κ2) is 2.45. The van der Waals surface area contributed by atoms with Crippen molar-refractivity contribution in [1.29, 1.82) is 0 Å². The molecule has 3 nitrogen and oxygen atoms in total. The highest BCUT2D eigenvalue weighted by atomic mass is 16.5. The molecule has 0 spiro atoms. The third kappa shape index (κ3) is 1.50. The summed E-state index contributed by atoms with van der Waals surface area (Å²) in [7, 11) is 0. The van der Waals surface area contributed by atoms with Gasteiger partial charge in [0.25, 0.3) is 0 Å². The van der Waals surface area contributed by atoms with E-state index in [4.69, 9.17) is 5.21 Å². The molecule has 1 atom stereocenters. The summed E-state index contributed by atoms with van der Waals surface area (Å²) in [6.07, 6.45) is 0.498. The number of carbonyl (C=O) groups is 1. The fourth-order valence-electron chi connectivity index (χ4n) is 0.995. The Balaban J connectivity index is 2.44. The van der Waals surface area contributed by atoms with Gasteiger partial charge in [-0.2, -0.15) is 5.06 Å². The average Bonchev–Trinajstić information content (AvgIpc) is 1.80. The van der Waals surface area contributed by atoms with Gasteiger partial charge in [0, 0.05) is 25.4 Å². The summed E-state index contributed by atoms with van der Waals surface area (Å²) in [5, 5.41) is 10.1. The van der Waals surface area contributed by atoms with Gasteiger partial charge in [-0.25, -0.2) is 0 Å². The van der Waals surface area contributed by atoms with Crippen LogP contribution in [0, 0.1) is 5.92 Å². The summed E-state index contributed by atoms with van der Waals surface area (Å²) in [5.74, 6) is 0.282. The fraction of sp³-hybridized carbons (Fsp3) is 0.833. The van der Waals surface area contributed by atoms with E-state index in [1.807, 2.05) is 6.92 Å². The number of nitrogens with zero attached hydrogens (tertiary/aromatic N) is 1. The SMILES string of the molecule is CC1CN(O)CCC1=O.